The van der Waals surface area contributed by atoms with Gasteiger partial charge in [0.1, 0.15) is 5.78 Å². The third kappa shape index (κ3) is 1.82. The summed E-state index contributed by atoms with van der Waals surface area (Å²) in [4.78, 5) is 11.7. The molecule has 0 saturated heterocycles. The van der Waals surface area contributed by atoms with Crippen LogP contribution in [0.15, 0.2) is 24.3 Å². The minimum absolute atomic E-state index is 0.126. The van der Waals surface area contributed by atoms with Crippen molar-refractivity contribution in [2.24, 2.45) is 5.41 Å². The molecule has 2 fully saturated rings. The molecule has 0 unspecified atom stereocenters. The molecule has 1 aromatic rings. The molecule has 1 nitrogen and oxygen atoms in total. The summed E-state index contributed by atoms with van der Waals surface area (Å²) in [6, 6.07) is 8.93. The molecule has 0 amide bonds. The topological polar surface area (TPSA) is 17.1 Å². The van der Waals surface area contributed by atoms with Gasteiger partial charge in [-0.15, -0.1) is 0 Å². The summed E-state index contributed by atoms with van der Waals surface area (Å²) in [5, 5.41) is 0. The predicted octanol–water partition coefficient (Wildman–Crippen LogP) is 4.00. The zero-order chi connectivity index (χ0) is 11.9. The lowest BCUT2D eigenvalue weighted by Crippen LogP contribution is -2.43. The number of carbonyl (C=O) groups is 1. The summed E-state index contributed by atoms with van der Waals surface area (Å²) in [6.45, 7) is 2.13. The quantitative estimate of drug-likeness (QED) is 0.710. The normalized spacial score (nSPS) is 32.5. The first kappa shape index (κ1) is 11.0. The van der Waals surface area contributed by atoms with Crippen molar-refractivity contribution in [3.8, 4) is 0 Å². The molecule has 0 aliphatic heterocycles. The van der Waals surface area contributed by atoms with E-state index < -0.39 is 0 Å². The summed E-state index contributed by atoms with van der Waals surface area (Å²) < 4.78 is 0. The van der Waals surface area contributed by atoms with Gasteiger partial charge in [0.2, 0.25) is 0 Å². The molecule has 1 heteroatoms. The zero-order valence-corrected chi connectivity index (χ0v) is 10.5. The van der Waals surface area contributed by atoms with E-state index in [0.29, 0.717) is 11.7 Å². The van der Waals surface area contributed by atoms with E-state index in [4.69, 9.17) is 0 Å². The van der Waals surface area contributed by atoms with Crippen molar-refractivity contribution in [1.29, 1.82) is 0 Å². The maximum absolute atomic E-state index is 11.7. The Bertz CT molecular complexity index is 421. The summed E-state index contributed by atoms with van der Waals surface area (Å²) in [5.74, 6) is 1.23. The van der Waals surface area contributed by atoms with E-state index >= 15 is 0 Å². The van der Waals surface area contributed by atoms with Crippen LogP contribution in [-0.4, -0.2) is 5.78 Å². The third-order valence-corrected chi connectivity index (χ3v) is 4.91. The molecule has 2 saturated carbocycles. The van der Waals surface area contributed by atoms with E-state index in [-0.39, 0.29) is 5.41 Å². The van der Waals surface area contributed by atoms with Crippen molar-refractivity contribution in [1.82, 2.24) is 0 Å². The van der Waals surface area contributed by atoms with Crippen LogP contribution in [0.1, 0.15) is 55.6 Å². The van der Waals surface area contributed by atoms with Crippen LogP contribution in [-0.2, 0) is 4.79 Å². The molecule has 0 bridgehead atoms. The maximum Gasteiger partial charge on any atom is 0.139 e. The van der Waals surface area contributed by atoms with Crippen molar-refractivity contribution in [3.05, 3.63) is 35.4 Å². The van der Waals surface area contributed by atoms with Crippen LogP contribution in [0.4, 0.5) is 0 Å². The van der Waals surface area contributed by atoms with Gasteiger partial charge in [-0.2, -0.15) is 0 Å². The number of Topliss-reactive ketones (excluding diaryl/α,β-unsaturated/α-hetero) is 1. The Morgan fingerprint density at radius 2 is 1.71 bits per heavy atom. The van der Waals surface area contributed by atoms with Crippen molar-refractivity contribution < 1.29 is 4.79 Å². The number of rotatable bonds is 1. The first-order valence-electron chi connectivity index (χ1n) is 6.79. The van der Waals surface area contributed by atoms with E-state index in [1.54, 1.807) is 0 Å². The SMILES string of the molecule is Cc1ccc(C2CCC3(CCC3=O)CC2)cc1. The lowest BCUT2D eigenvalue weighted by Gasteiger charge is -2.45. The monoisotopic (exact) mass is 228 g/mol. The van der Waals surface area contributed by atoms with Gasteiger partial charge in [-0.1, -0.05) is 29.8 Å². The van der Waals surface area contributed by atoms with Crippen molar-refractivity contribution in [2.75, 3.05) is 0 Å². The molecule has 0 N–H and O–H groups in total. The van der Waals surface area contributed by atoms with E-state index in [1.165, 1.54) is 24.0 Å². The van der Waals surface area contributed by atoms with E-state index in [1.807, 2.05) is 0 Å². The summed E-state index contributed by atoms with van der Waals surface area (Å²) in [5.41, 5.74) is 2.92. The standard InChI is InChI=1S/C16H20O/c1-12-2-4-13(5-3-12)14-6-9-16(10-7-14)11-8-15(16)17/h2-5,14H,6-11H2,1H3. The van der Waals surface area contributed by atoms with Crippen LogP contribution < -0.4 is 0 Å². The molecular weight excluding hydrogens is 208 g/mol. The highest BCUT2D eigenvalue weighted by Gasteiger charge is 2.47. The van der Waals surface area contributed by atoms with Crippen LogP contribution in [0.3, 0.4) is 0 Å². The molecule has 0 heterocycles. The van der Waals surface area contributed by atoms with Crippen LogP contribution in [0.5, 0.6) is 0 Å². The molecule has 1 spiro atoms. The van der Waals surface area contributed by atoms with Gasteiger partial charge in [-0.25, -0.2) is 0 Å². The highest BCUT2D eigenvalue weighted by molar-refractivity contribution is 5.90. The Morgan fingerprint density at radius 1 is 1.06 bits per heavy atom. The Morgan fingerprint density at radius 3 is 2.18 bits per heavy atom. The lowest BCUT2D eigenvalue weighted by molar-refractivity contribution is -0.141. The van der Waals surface area contributed by atoms with Crippen molar-refractivity contribution >= 4 is 5.78 Å². The Kier molecular flexibility index (Phi) is 2.57. The molecule has 1 aromatic carbocycles. The Labute approximate surface area is 103 Å². The number of aryl methyl sites for hydroxylation is 1. The first-order chi connectivity index (χ1) is 8.20. The molecular formula is C16H20O. The number of carbonyl (C=O) groups excluding carboxylic acids is 1. The van der Waals surface area contributed by atoms with Crippen LogP contribution in [0.25, 0.3) is 0 Å². The fraction of sp³-hybridized carbons (Fsp3) is 0.562. The van der Waals surface area contributed by atoms with Crippen LogP contribution in [0, 0.1) is 12.3 Å². The highest BCUT2D eigenvalue weighted by atomic mass is 16.1. The van der Waals surface area contributed by atoms with Gasteiger partial charge in [0.05, 0.1) is 0 Å². The molecule has 17 heavy (non-hydrogen) atoms. The maximum atomic E-state index is 11.7. The van der Waals surface area contributed by atoms with E-state index in [9.17, 15) is 4.79 Å². The number of hydrogen-bond acceptors (Lipinski definition) is 1. The van der Waals surface area contributed by atoms with Crippen LogP contribution >= 0.6 is 0 Å². The molecule has 0 aromatic heterocycles. The zero-order valence-electron chi connectivity index (χ0n) is 10.5. The largest absolute Gasteiger partial charge is 0.299 e. The summed E-state index contributed by atoms with van der Waals surface area (Å²) >= 11 is 0. The highest BCUT2D eigenvalue weighted by Crippen LogP contribution is 2.52. The van der Waals surface area contributed by atoms with Gasteiger partial charge in [-0.05, 0) is 50.5 Å². The van der Waals surface area contributed by atoms with Crippen molar-refractivity contribution in [2.45, 2.75) is 51.4 Å². The van der Waals surface area contributed by atoms with Gasteiger partial charge in [-0.3, -0.25) is 4.79 Å². The predicted molar refractivity (Wildman–Crippen MR) is 69.1 cm³/mol. The number of ketones is 1. The van der Waals surface area contributed by atoms with Gasteiger partial charge >= 0.3 is 0 Å². The van der Waals surface area contributed by atoms with E-state index in [0.717, 1.165) is 25.7 Å². The Balaban J connectivity index is 1.69. The second kappa shape index (κ2) is 3.97. The van der Waals surface area contributed by atoms with Crippen LogP contribution in [0.2, 0.25) is 0 Å². The smallest absolute Gasteiger partial charge is 0.139 e. The van der Waals surface area contributed by atoms with Gasteiger partial charge in [0.15, 0.2) is 0 Å². The molecule has 90 valence electrons. The third-order valence-electron chi connectivity index (χ3n) is 4.91. The first-order valence-corrected chi connectivity index (χ1v) is 6.79. The summed E-state index contributed by atoms with van der Waals surface area (Å²) in [7, 11) is 0. The second-order valence-corrected chi connectivity index (χ2v) is 5.89. The second-order valence-electron chi connectivity index (χ2n) is 5.89. The summed E-state index contributed by atoms with van der Waals surface area (Å²) in [6.07, 6.45) is 6.67. The minimum atomic E-state index is 0.126. The Hall–Kier alpha value is -1.11. The number of hydrogen-bond donors (Lipinski definition) is 0. The molecule has 0 radical (unpaired) electrons. The van der Waals surface area contributed by atoms with Gasteiger partial charge < -0.3 is 0 Å². The lowest BCUT2D eigenvalue weighted by atomic mass is 9.57. The fourth-order valence-electron chi connectivity index (χ4n) is 3.45. The minimum Gasteiger partial charge on any atom is -0.299 e. The average Bonchev–Trinajstić information content (AvgIpc) is 2.38. The molecule has 2 aliphatic rings. The van der Waals surface area contributed by atoms with Gasteiger partial charge in [0, 0.05) is 11.8 Å². The molecule has 2 aliphatic carbocycles. The fourth-order valence-corrected chi connectivity index (χ4v) is 3.45. The number of benzene rings is 1. The molecule has 0 atom stereocenters. The molecule has 3 rings (SSSR count). The average molecular weight is 228 g/mol. The van der Waals surface area contributed by atoms with E-state index in [2.05, 4.69) is 31.2 Å². The van der Waals surface area contributed by atoms with Crippen molar-refractivity contribution in [3.63, 3.8) is 0 Å². The van der Waals surface area contributed by atoms with Gasteiger partial charge in [0.25, 0.3) is 0 Å².